The number of carbonyl (C=O) groups excluding carboxylic acids is 1. The number of hydrazine groups is 1. The molecule has 0 aliphatic carbocycles. The summed E-state index contributed by atoms with van der Waals surface area (Å²) in [6.07, 6.45) is 9.17. The summed E-state index contributed by atoms with van der Waals surface area (Å²) in [5, 5.41) is 13.6. The second-order valence-electron chi connectivity index (χ2n) is 13.5. The number of terminal acetylenes is 1. The van der Waals surface area contributed by atoms with E-state index in [-0.39, 0.29) is 65.6 Å². The van der Waals surface area contributed by atoms with E-state index in [0.29, 0.717) is 43.3 Å². The van der Waals surface area contributed by atoms with Gasteiger partial charge in [0.05, 0.1) is 15.6 Å². The summed E-state index contributed by atoms with van der Waals surface area (Å²) in [6.45, 7) is 9.67. The third-order valence-corrected chi connectivity index (χ3v) is 11.0. The Balaban J connectivity index is 0.000000224. The molecule has 61 heavy (non-hydrogen) atoms. The second kappa shape index (κ2) is 21.5. The molecule has 0 saturated carbocycles. The van der Waals surface area contributed by atoms with Crippen molar-refractivity contribution in [2.24, 2.45) is 0 Å². The summed E-state index contributed by atoms with van der Waals surface area (Å²) in [6, 6.07) is 18.4. The number of amides is 1. The third kappa shape index (κ3) is 10.8. The van der Waals surface area contributed by atoms with Crippen LogP contribution in [0, 0.1) is 24.0 Å². The maximum absolute atomic E-state index is 14.8. The molecule has 1 N–H and O–H groups in total. The topological polar surface area (TPSA) is 98.4 Å². The van der Waals surface area contributed by atoms with Crippen LogP contribution in [-0.2, 0) is 17.9 Å². The number of para-hydroxylation sites is 4. The Morgan fingerprint density at radius 3 is 2.00 bits per heavy atom. The summed E-state index contributed by atoms with van der Waals surface area (Å²) in [5.41, 5.74) is 0.393. The molecule has 1 saturated heterocycles. The van der Waals surface area contributed by atoms with E-state index in [0.717, 1.165) is 38.2 Å². The first-order valence-electron chi connectivity index (χ1n) is 19.5. The molecule has 1 aromatic heterocycles. The number of benzene rings is 4. The molecule has 1 atom stereocenters. The Morgan fingerprint density at radius 2 is 1.36 bits per heavy atom. The molecule has 10 nitrogen and oxygen atoms in total. The Labute approximate surface area is 373 Å². The number of ether oxygens (including phenoxy) is 3. The summed E-state index contributed by atoms with van der Waals surface area (Å²) < 4.78 is 50.0. The first-order chi connectivity index (χ1) is 29.3. The van der Waals surface area contributed by atoms with E-state index in [2.05, 4.69) is 5.92 Å². The van der Waals surface area contributed by atoms with Crippen molar-refractivity contribution in [2.45, 2.75) is 72.6 Å². The highest BCUT2D eigenvalue weighted by Gasteiger charge is 2.26. The number of rotatable bonds is 10. The van der Waals surface area contributed by atoms with E-state index in [1.54, 1.807) is 66.0 Å². The minimum absolute atomic E-state index is 0.00854. The van der Waals surface area contributed by atoms with Crippen LogP contribution < -0.4 is 19.8 Å². The Kier molecular flexibility index (Phi) is 16.4. The van der Waals surface area contributed by atoms with Crippen molar-refractivity contribution in [3.8, 4) is 58.0 Å². The van der Waals surface area contributed by atoms with Gasteiger partial charge in [-0.1, -0.05) is 90.4 Å². The quantitative estimate of drug-likeness (QED) is 0.0846. The number of phenolic OH excluding ortho intramolecular Hbond substituents is 1. The highest BCUT2D eigenvalue weighted by atomic mass is 35.5. The van der Waals surface area contributed by atoms with Gasteiger partial charge in [0.25, 0.3) is 5.56 Å². The normalized spacial score (nSPS) is 14.2. The summed E-state index contributed by atoms with van der Waals surface area (Å²) in [7, 11) is 0. The number of aromatic hydroxyl groups is 1. The molecule has 0 radical (unpaired) electrons. The zero-order chi connectivity index (χ0) is 44.4. The van der Waals surface area contributed by atoms with Crippen LogP contribution in [-0.4, -0.2) is 50.1 Å². The van der Waals surface area contributed by atoms with Gasteiger partial charge in [-0.15, -0.1) is 6.42 Å². The van der Waals surface area contributed by atoms with E-state index >= 15 is 0 Å². The molecule has 5 aromatic rings. The molecule has 2 aliphatic rings. The average molecular weight is 917 g/mol. The van der Waals surface area contributed by atoms with Crippen molar-refractivity contribution in [1.82, 2.24) is 19.4 Å². The maximum atomic E-state index is 14.8. The van der Waals surface area contributed by atoms with Crippen LogP contribution in [0.15, 0.2) is 82.7 Å². The minimum Gasteiger partial charge on any atom is -0.504 e. The number of aromatic nitrogens is 2. The van der Waals surface area contributed by atoms with Gasteiger partial charge in [0.1, 0.15) is 33.4 Å². The van der Waals surface area contributed by atoms with Crippen LogP contribution in [0.2, 0.25) is 15.2 Å². The molecular weight excluding hydrogens is 872 g/mol. The standard InChI is InChI=1S/C24H23Cl2FN2O3.C19H15Cl2FN2O3.C2H6/c1-4-16(2)31-21-9-5-6-10-22(21)32-23-13-18(20(27)14-19(23)25)17(3)24(26)29-12-8-7-11-28(29)15-30;20-12-10-13(22)11(9-16(12)27-15-6-2-1-5-14(15)25)17-18(21)23-7-3-4-8-24(23)19(17)26;1-2/h1,5-6,9-10,13-16H,7-8,11-12H2,2-3H3;1-2,5-6,9-10,25H,3-4,7-8H2;1-2H3/b24-17+;;. The fourth-order valence-electron chi connectivity index (χ4n) is 6.49. The largest absolute Gasteiger partial charge is 0.504 e. The lowest BCUT2D eigenvalue weighted by Crippen LogP contribution is -2.44. The zero-order valence-corrected chi connectivity index (χ0v) is 36.9. The van der Waals surface area contributed by atoms with Crippen LogP contribution in [0.4, 0.5) is 8.78 Å². The highest BCUT2D eigenvalue weighted by molar-refractivity contribution is 6.34. The summed E-state index contributed by atoms with van der Waals surface area (Å²) in [5.74, 6) is 2.48. The van der Waals surface area contributed by atoms with Gasteiger partial charge in [-0.2, -0.15) is 0 Å². The van der Waals surface area contributed by atoms with Gasteiger partial charge in [-0.3, -0.25) is 24.3 Å². The zero-order valence-electron chi connectivity index (χ0n) is 33.9. The molecule has 3 heterocycles. The van der Waals surface area contributed by atoms with Gasteiger partial charge in [0.2, 0.25) is 6.41 Å². The van der Waals surface area contributed by atoms with E-state index in [4.69, 9.17) is 67.0 Å². The van der Waals surface area contributed by atoms with Gasteiger partial charge >= 0.3 is 0 Å². The molecule has 0 bridgehead atoms. The van der Waals surface area contributed by atoms with Crippen molar-refractivity contribution in [1.29, 1.82) is 0 Å². The second-order valence-corrected chi connectivity index (χ2v) is 15.0. The number of fused-ring (bicyclic) bond motifs is 1. The molecule has 1 unspecified atom stereocenters. The lowest BCUT2D eigenvalue weighted by Gasteiger charge is -2.37. The lowest BCUT2D eigenvalue weighted by molar-refractivity contribution is -0.133. The van der Waals surface area contributed by atoms with Gasteiger partial charge in [0, 0.05) is 37.3 Å². The van der Waals surface area contributed by atoms with Gasteiger partial charge in [-0.05, 0) is 93.6 Å². The number of hydrogen-bond donors (Lipinski definition) is 1. The van der Waals surface area contributed by atoms with Crippen LogP contribution in [0.3, 0.4) is 0 Å². The molecule has 322 valence electrons. The Morgan fingerprint density at radius 1 is 0.803 bits per heavy atom. The molecule has 1 amide bonds. The first kappa shape index (κ1) is 46.7. The predicted molar refractivity (Wildman–Crippen MR) is 237 cm³/mol. The number of carbonyl (C=O) groups is 1. The summed E-state index contributed by atoms with van der Waals surface area (Å²) in [4.78, 5) is 24.2. The number of allylic oxidation sites excluding steroid dienone is 1. The van der Waals surface area contributed by atoms with Crippen LogP contribution in [0.25, 0.3) is 16.7 Å². The highest BCUT2D eigenvalue weighted by Crippen LogP contribution is 2.41. The van der Waals surface area contributed by atoms with Crippen molar-refractivity contribution < 1.29 is 32.9 Å². The lowest BCUT2D eigenvalue weighted by atomic mass is 10.1. The molecule has 7 rings (SSSR count). The molecule has 0 spiro atoms. The maximum Gasteiger partial charge on any atom is 0.276 e. The predicted octanol–water partition coefficient (Wildman–Crippen LogP) is 12.1. The monoisotopic (exact) mass is 914 g/mol. The smallest absolute Gasteiger partial charge is 0.276 e. The van der Waals surface area contributed by atoms with Gasteiger partial charge < -0.3 is 19.3 Å². The van der Waals surface area contributed by atoms with Crippen molar-refractivity contribution in [3.63, 3.8) is 0 Å². The van der Waals surface area contributed by atoms with Crippen LogP contribution in [0.5, 0.6) is 34.5 Å². The molecular formula is C45H44Cl4F2N4O6. The number of halogens is 6. The van der Waals surface area contributed by atoms with Crippen molar-refractivity contribution in [2.75, 3.05) is 13.1 Å². The third-order valence-electron chi connectivity index (χ3n) is 9.55. The Hall–Kier alpha value is -5.32. The van der Waals surface area contributed by atoms with Crippen molar-refractivity contribution >= 4 is 58.4 Å². The number of nitrogens with zero attached hydrogens (tertiary/aromatic N) is 4. The minimum atomic E-state index is -0.674. The molecule has 16 heteroatoms. The van der Waals surface area contributed by atoms with Crippen LogP contribution >= 0.6 is 46.4 Å². The molecule has 2 aliphatic heterocycles. The fourth-order valence-corrected chi connectivity index (χ4v) is 7.51. The SMILES string of the molecule is C#CC(C)Oc1ccccc1Oc1cc(/C(C)=C(\Cl)N2CCCCN2C=O)c(F)cc1Cl.CC.O=c1c(-c2cc(Oc3ccccc3O)c(Cl)cc2F)c(Cl)n2n1CCCC2. The van der Waals surface area contributed by atoms with Crippen molar-refractivity contribution in [3.05, 3.63) is 121 Å². The number of phenols is 1. The van der Waals surface area contributed by atoms with Gasteiger partial charge in [0.15, 0.2) is 29.1 Å². The molecule has 4 aromatic carbocycles. The van der Waals surface area contributed by atoms with E-state index < -0.39 is 17.7 Å². The summed E-state index contributed by atoms with van der Waals surface area (Å²) >= 11 is 25.3. The first-order valence-corrected chi connectivity index (χ1v) is 21.0. The van der Waals surface area contributed by atoms with E-state index in [1.165, 1.54) is 34.0 Å². The average Bonchev–Trinajstić information content (AvgIpc) is 3.52. The molecule has 1 fully saturated rings. The van der Waals surface area contributed by atoms with E-state index in [1.807, 2.05) is 13.8 Å². The van der Waals surface area contributed by atoms with Crippen LogP contribution in [0.1, 0.15) is 58.9 Å². The van der Waals surface area contributed by atoms with Gasteiger partial charge in [-0.25, -0.2) is 13.5 Å². The number of hydrogen-bond acceptors (Lipinski definition) is 7. The fraction of sp³-hybridized carbons (Fsp3) is 0.289. The Bertz CT molecular complexity index is 2500. The van der Waals surface area contributed by atoms with E-state index in [9.17, 15) is 23.5 Å².